The van der Waals surface area contributed by atoms with Gasteiger partial charge < -0.3 is 0 Å². The second-order valence-corrected chi connectivity index (χ2v) is 6.75. The summed E-state index contributed by atoms with van der Waals surface area (Å²) < 4.78 is 1.02. The molecule has 0 N–H and O–H groups in total. The summed E-state index contributed by atoms with van der Waals surface area (Å²) >= 11 is 3.45. The minimum atomic E-state index is -0.0851. The number of benzene rings is 2. The summed E-state index contributed by atoms with van der Waals surface area (Å²) in [5, 5.41) is 2.13. The molecule has 1 aliphatic heterocycles. The molecule has 0 bridgehead atoms. The van der Waals surface area contributed by atoms with Gasteiger partial charge in [0.15, 0.2) is 0 Å². The summed E-state index contributed by atoms with van der Waals surface area (Å²) in [6.07, 6.45) is 2.70. The van der Waals surface area contributed by atoms with Crippen molar-refractivity contribution in [2.24, 2.45) is 11.8 Å². The first-order chi connectivity index (χ1) is 10.1. The quantitative estimate of drug-likeness (QED) is 0.736. The van der Waals surface area contributed by atoms with Crippen molar-refractivity contribution in [2.45, 2.75) is 19.3 Å². The van der Waals surface area contributed by atoms with E-state index in [1.54, 1.807) is 0 Å². The van der Waals surface area contributed by atoms with Gasteiger partial charge in [0.1, 0.15) is 0 Å². The van der Waals surface area contributed by atoms with Crippen LogP contribution in [0.1, 0.15) is 19.3 Å². The molecule has 1 heterocycles. The van der Waals surface area contributed by atoms with Gasteiger partial charge in [-0.15, -0.1) is 0 Å². The molecule has 2 aliphatic rings. The van der Waals surface area contributed by atoms with Crippen LogP contribution in [-0.2, 0) is 9.59 Å². The number of rotatable bonds is 1. The number of hydrogen-bond donors (Lipinski definition) is 0. The van der Waals surface area contributed by atoms with E-state index in [1.807, 2.05) is 36.4 Å². The van der Waals surface area contributed by atoms with Crippen molar-refractivity contribution < 1.29 is 9.59 Å². The van der Waals surface area contributed by atoms with Gasteiger partial charge in [0.05, 0.1) is 17.5 Å². The van der Waals surface area contributed by atoms with Gasteiger partial charge in [0, 0.05) is 4.47 Å². The van der Waals surface area contributed by atoms with Crippen LogP contribution in [0.25, 0.3) is 10.8 Å². The lowest BCUT2D eigenvalue weighted by Gasteiger charge is -2.16. The fourth-order valence-corrected chi connectivity index (χ4v) is 3.97. The Hall–Kier alpha value is -1.68. The van der Waals surface area contributed by atoms with E-state index in [1.165, 1.54) is 4.90 Å². The highest BCUT2D eigenvalue weighted by Gasteiger charge is 2.50. The van der Waals surface area contributed by atoms with E-state index in [2.05, 4.69) is 15.9 Å². The van der Waals surface area contributed by atoms with Crippen molar-refractivity contribution in [1.29, 1.82) is 0 Å². The molecule has 4 heteroatoms. The zero-order valence-electron chi connectivity index (χ0n) is 11.4. The smallest absolute Gasteiger partial charge is 0.237 e. The summed E-state index contributed by atoms with van der Waals surface area (Å²) in [6.45, 7) is 0. The van der Waals surface area contributed by atoms with Gasteiger partial charge in [0.2, 0.25) is 11.8 Å². The molecule has 2 atom stereocenters. The number of carbonyl (C=O) groups is 2. The third-order valence-electron chi connectivity index (χ3n) is 4.64. The summed E-state index contributed by atoms with van der Waals surface area (Å²) in [4.78, 5) is 26.4. The predicted molar refractivity (Wildman–Crippen MR) is 85.0 cm³/mol. The number of anilines is 1. The number of nitrogens with zero attached hydrogens (tertiary/aromatic N) is 1. The standard InChI is InChI=1S/C17H14BrNO2/c18-12-6-4-11-9-13(7-5-10(11)8-12)19-16(20)14-2-1-3-15(14)17(19)21/h4-9,14-15H,1-3H2. The van der Waals surface area contributed by atoms with Crippen molar-refractivity contribution in [3.05, 3.63) is 40.9 Å². The monoisotopic (exact) mass is 343 g/mol. The first-order valence-corrected chi connectivity index (χ1v) is 8.01. The third kappa shape index (κ3) is 1.93. The third-order valence-corrected chi connectivity index (χ3v) is 5.13. The van der Waals surface area contributed by atoms with E-state index in [4.69, 9.17) is 0 Å². The van der Waals surface area contributed by atoms with Gasteiger partial charge in [0.25, 0.3) is 0 Å². The van der Waals surface area contributed by atoms with Gasteiger partial charge in [-0.2, -0.15) is 0 Å². The SMILES string of the molecule is O=C1C2CCCC2C(=O)N1c1ccc2cc(Br)ccc2c1. The number of imide groups is 1. The van der Waals surface area contributed by atoms with E-state index in [9.17, 15) is 9.59 Å². The number of fused-ring (bicyclic) bond motifs is 2. The van der Waals surface area contributed by atoms with E-state index in [-0.39, 0.29) is 23.7 Å². The molecule has 1 saturated carbocycles. The summed E-state index contributed by atoms with van der Waals surface area (Å²) in [7, 11) is 0. The maximum Gasteiger partial charge on any atom is 0.237 e. The molecule has 0 spiro atoms. The Kier molecular flexibility index (Phi) is 2.89. The predicted octanol–water partition coefficient (Wildman–Crippen LogP) is 3.89. The normalized spacial score (nSPS) is 24.9. The lowest BCUT2D eigenvalue weighted by Crippen LogP contribution is -2.31. The Labute approximate surface area is 131 Å². The first kappa shape index (κ1) is 13.0. The summed E-state index contributed by atoms with van der Waals surface area (Å²) in [5.74, 6) is -0.200. The molecule has 2 unspecified atom stereocenters. The van der Waals surface area contributed by atoms with Gasteiger partial charge in [-0.1, -0.05) is 34.5 Å². The molecule has 1 saturated heterocycles. The number of halogens is 1. The van der Waals surface area contributed by atoms with Crippen molar-refractivity contribution in [2.75, 3.05) is 4.90 Å². The molecule has 3 nitrogen and oxygen atoms in total. The van der Waals surface area contributed by atoms with Gasteiger partial charge >= 0.3 is 0 Å². The van der Waals surface area contributed by atoms with E-state index < -0.39 is 0 Å². The molecule has 2 aromatic rings. The minimum absolute atomic E-state index is 0.0149. The van der Waals surface area contributed by atoms with Gasteiger partial charge in [-0.25, -0.2) is 0 Å². The highest BCUT2D eigenvalue weighted by atomic mass is 79.9. The molecular formula is C17H14BrNO2. The van der Waals surface area contributed by atoms with E-state index in [0.29, 0.717) is 5.69 Å². The average Bonchev–Trinajstić information content (AvgIpc) is 3.04. The Bertz CT molecular complexity index is 748. The Morgan fingerprint density at radius 3 is 2.24 bits per heavy atom. The Balaban J connectivity index is 1.78. The number of carbonyl (C=O) groups excluding carboxylic acids is 2. The first-order valence-electron chi connectivity index (χ1n) is 7.22. The van der Waals surface area contributed by atoms with Gasteiger partial charge in [-0.3, -0.25) is 14.5 Å². The molecule has 2 amide bonds. The van der Waals surface area contributed by atoms with Crippen LogP contribution in [0.15, 0.2) is 40.9 Å². The molecule has 1 aliphatic carbocycles. The fraction of sp³-hybridized carbons (Fsp3) is 0.294. The van der Waals surface area contributed by atoms with Crippen LogP contribution < -0.4 is 4.90 Å². The van der Waals surface area contributed by atoms with Crippen LogP contribution in [-0.4, -0.2) is 11.8 Å². The Morgan fingerprint density at radius 1 is 0.905 bits per heavy atom. The molecule has 106 valence electrons. The minimum Gasteiger partial charge on any atom is -0.274 e. The molecule has 21 heavy (non-hydrogen) atoms. The van der Waals surface area contributed by atoms with Crippen LogP contribution in [0.5, 0.6) is 0 Å². The molecular weight excluding hydrogens is 330 g/mol. The largest absolute Gasteiger partial charge is 0.274 e. The highest BCUT2D eigenvalue weighted by molar-refractivity contribution is 9.10. The van der Waals surface area contributed by atoms with Crippen LogP contribution in [0, 0.1) is 11.8 Å². The molecule has 2 aromatic carbocycles. The average molecular weight is 344 g/mol. The summed E-state index contributed by atoms with van der Waals surface area (Å²) in [5.41, 5.74) is 0.703. The number of hydrogen-bond acceptors (Lipinski definition) is 2. The molecule has 0 radical (unpaired) electrons. The molecule has 4 rings (SSSR count). The maximum absolute atomic E-state index is 12.5. The zero-order valence-corrected chi connectivity index (χ0v) is 13.0. The molecule has 2 fully saturated rings. The molecule has 0 aromatic heterocycles. The van der Waals surface area contributed by atoms with Crippen molar-refractivity contribution >= 4 is 44.2 Å². The van der Waals surface area contributed by atoms with Crippen LogP contribution in [0.4, 0.5) is 5.69 Å². The van der Waals surface area contributed by atoms with Crippen molar-refractivity contribution in [1.82, 2.24) is 0 Å². The lowest BCUT2D eigenvalue weighted by atomic mass is 10.00. The van der Waals surface area contributed by atoms with Gasteiger partial charge in [-0.05, 0) is 47.9 Å². The van der Waals surface area contributed by atoms with Crippen molar-refractivity contribution in [3.8, 4) is 0 Å². The Morgan fingerprint density at radius 2 is 1.52 bits per heavy atom. The lowest BCUT2D eigenvalue weighted by molar-refractivity contribution is -0.122. The van der Waals surface area contributed by atoms with Crippen molar-refractivity contribution in [3.63, 3.8) is 0 Å². The van der Waals surface area contributed by atoms with E-state index in [0.717, 1.165) is 34.5 Å². The fourth-order valence-electron chi connectivity index (χ4n) is 3.59. The highest BCUT2D eigenvalue weighted by Crippen LogP contribution is 2.42. The zero-order chi connectivity index (χ0) is 14.6. The summed E-state index contributed by atoms with van der Waals surface area (Å²) in [6, 6.07) is 11.7. The second kappa shape index (κ2) is 4.67. The second-order valence-electron chi connectivity index (χ2n) is 5.83. The van der Waals surface area contributed by atoms with Crippen LogP contribution in [0.3, 0.4) is 0 Å². The van der Waals surface area contributed by atoms with Crippen LogP contribution >= 0.6 is 15.9 Å². The van der Waals surface area contributed by atoms with Crippen LogP contribution in [0.2, 0.25) is 0 Å². The number of amides is 2. The maximum atomic E-state index is 12.5. The topological polar surface area (TPSA) is 37.4 Å². The van der Waals surface area contributed by atoms with E-state index >= 15 is 0 Å².